The SMILES string of the molecule is CC(C)NCCOc1ccc([N+](=O)[O-])cc1C(F)F. The molecule has 0 bridgehead atoms. The highest BCUT2D eigenvalue weighted by Crippen LogP contribution is 2.32. The second-order valence-electron chi connectivity index (χ2n) is 4.24. The van der Waals surface area contributed by atoms with Crippen molar-refractivity contribution in [3.05, 3.63) is 33.9 Å². The molecule has 0 aliphatic rings. The predicted molar refractivity (Wildman–Crippen MR) is 66.7 cm³/mol. The van der Waals surface area contributed by atoms with Crippen LogP contribution in [0.25, 0.3) is 0 Å². The number of nitrogens with zero attached hydrogens (tertiary/aromatic N) is 1. The zero-order valence-electron chi connectivity index (χ0n) is 10.7. The molecule has 0 radical (unpaired) electrons. The van der Waals surface area contributed by atoms with E-state index in [-0.39, 0.29) is 24.1 Å². The van der Waals surface area contributed by atoms with Crippen LogP contribution in [0.15, 0.2) is 18.2 Å². The summed E-state index contributed by atoms with van der Waals surface area (Å²) in [5.41, 5.74) is -0.832. The summed E-state index contributed by atoms with van der Waals surface area (Å²) in [6, 6.07) is 3.47. The van der Waals surface area contributed by atoms with Crippen LogP contribution in [0.3, 0.4) is 0 Å². The third kappa shape index (κ3) is 4.78. The van der Waals surface area contributed by atoms with Crippen molar-refractivity contribution in [2.24, 2.45) is 0 Å². The molecule has 0 aliphatic heterocycles. The molecule has 0 unspecified atom stereocenters. The molecule has 1 aromatic rings. The Balaban J connectivity index is 2.74. The molecule has 1 rings (SSSR count). The minimum atomic E-state index is -2.81. The van der Waals surface area contributed by atoms with Gasteiger partial charge in [-0.05, 0) is 6.07 Å². The summed E-state index contributed by atoms with van der Waals surface area (Å²) in [4.78, 5) is 9.82. The van der Waals surface area contributed by atoms with E-state index in [0.717, 1.165) is 12.1 Å². The molecule has 5 nitrogen and oxygen atoms in total. The topological polar surface area (TPSA) is 64.4 Å². The molecule has 0 amide bonds. The molecule has 0 fully saturated rings. The number of nitrogens with one attached hydrogen (secondary N) is 1. The van der Waals surface area contributed by atoms with Gasteiger partial charge in [0.1, 0.15) is 12.4 Å². The van der Waals surface area contributed by atoms with Gasteiger partial charge in [0.25, 0.3) is 12.1 Å². The lowest BCUT2D eigenvalue weighted by molar-refractivity contribution is -0.385. The average molecular weight is 274 g/mol. The van der Waals surface area contributed by atoms with Crippen LogP contribution < -0.4 is 10.1 Å². The van der Waals surface area contributed by atoms with Crippen molar-refractivity contribution in [1.82, 2.24) is 5.32 Å². The monoisotopic (exact) mass is 274 g/mol. The number of benzene rings is 1. The van der Waals surface area contributed by atoms with Gasteiger partial charge in [-0.2, -0.15) is 0 Å². The number of ether oxygens (including phenoxy) is 1. The average Bonchev–Trinajstić information content (AvgIpc) is 2.34. The Bertz CT molecular complexity index is 439. The number of hydrogen-bond donors (Lipinski definition) is 1. The summed E-state index contributed by atoms with van der Waals surface area (Å²) in [5, 5.41) is 13.6. The van der Waals surface area contributed by atoms with Gasteiger partial charge < -0.3 is 10.1 Å². The minimum Gasteiger partial charge on any atom is -0.492 e. The fourth-order valence-corrected chi connectivity index (χ4v) is 1.46. The predicted octanol–water partition coefficient (Wildman–Crippen LogP) is 2.91. The first-order chi connectivity index (χ1) is 8.91. The van der Waals surface area contributed by atoms with Crippen molar-refractivity contribution in [3.63, 3.8) is 0 Å². The van der Waals surface area contributed by atoms with Crippen molar-refractivity contribution < 1.29 is 18.4 Å². The summed E-state index contributed by atoms with van der Waals surface area (Å²) in [5.74, 6) is -0.0221. The Morgan fingerprint density at radius 3 is 2.63 bits per heavy atom. The number of alkyl halides is 2. The molecule has 0 saturated carbocycles. The van der Waals surface area contributed by atoms with Crippen LogP contribution in [0, 0.1) is 10.1 Å². The van der Waals surface area contributed by atoms with E-state index in [4.69, 9.17) is 4.74 Å². The molecule has 19 heavy (non-hydrogen) atoms. The molecular formula is C12H16F2N2O3. The molecule has 1 aromatic carbocycles. The third-order valence-electron chi connectivity index (χ3n) is 2.35. The first-order valence-corrected chi connectivity index (χ1v) is 5.84. The van der Waals surface area contributed by atoms with E-state index in [1.165, 1.54) is 6.07 Å². The van der Waals surface area contributed by atoms with E-state index >= 15 is 0 Å². The van der Waals surface area contributed by atoms with Crippen LogP contribution in [0.1, 0.15) is 25.8 Å². The van der Waals surface area contributed by atoms with Gasteiger partial charge in [-0.1, -0.05) is 13.8 Å². The quantitative estimate of drug-likeness (QED) is 0.471. The standard InChI is InChI=1S/C12H16F2N2O3/c1-8(2)15-5-6-19-11-4-3-9(16(17)18)7-10(11)12(13)14/h3-4,7-8,12,15H,5-6H2,1-2H3. The number of nitro groups is 1. The Labute approximate surface area is 109 Å². The van der Waals surface area contributed by atoms with E-state index in [2.05, 4.69) is 5.32 Å². The van der Waals surface area contributed by atoms with Crippen LogP contribution in [0.2, 0.25) is 0 Å². The van der Waals surface area contributed by atoms with E-state index in [1.807, 2.05) is 13.8 Å². The van der Waals surface area contributed by atoms with Gasteiger partial charge in [-0.15, -0.1) is 0 Å². The summed E-state index contributed by atoms with van der Waals surface area (Å²) in [7, 11) is 0. The highest BCUT2D eigenvalue weighted by Gasteiger charge is 2.18. The number of nitro benzene ring substituents is 1. The van der Waals surface area contributed by atoms with Crippen LogP contribution in [0.4, 0.5) is 14.5 Å². The lowest BCUT2D eigenvalue weighted by atomic mass is 10.2. The molecule has 0 spiro atoms. The first-order valence-electron chi connectivity index (χ1n) is 5.84. The number of halogens is 2. The molecule has 1 N–H and O–H groups in total. The highest BCUT2D eigenvalue weighted by atomic mass is 19.3. The normalized spacial score (nSPS) is 11.1. The van der Waals surface area contributed by atoms with Crippen molar-refractivity contribution in [1.29, 1.82) is 0 Å². The summed E-state index contributed by atoms with van der Waals surface area (Å²) < 4.78 is 30.8. The molecule has 0 atom stereocenters. The fraction of sp³-hybridized carbons (Fsp3) is 0.500. The summed E-state index contributed by atoms with van der Waals surface area (Å²) in [6.07, 6.45) is -2.81. The van der Waals surface area contributed by atoms with Gasteiger partial charge in [0, 0.05) is 24.7 Å². The molecule has 106 valence electrons. The molecule has 0 saturated heterocycles. The van der Waals surface area contributed by atoms with Crippen LogP contribution in [0.5, 0.6) is 5.75 Å². The zero-order chi connectivity index (χ0) is 14.4. The lowest BCUT2D eigenvalue weighted by Crippen LogP contribution is -2.27. The summed E-state index contributed by atoms with van der Waals surface area (Å²) in [6.45, 7) is 4.64. The van der Waals surface area contributed by atoms with Crippen LogP contribution in [-0.2, 0) is 0 Å². The van der Waals surface area contributed by atoms with Crippen LogP contribution in [-0.4, -0.2) is 24.1 Å². The van der Waals surface area contributed by atoms with Gasteiger partial charge in [0.05, 0.1) is 10.5 Å². The highest BCUT2D eigenvalue weighted by molar-refractivity contribution is 5.44. The number of rotatable bonds is 7. The summed E-state index contributed by atoms with van der Waals surface area (Å²) >= 11 is 0. The Morgan fingerprint density at radius 1 is 1.42 bits per heavy atom. The minimum absolute atomic E-state index is 0.0221. The zero-order valence-corrected chi connectivity index (χ0v) is 10.7. The van der Waals surface area contributed by atoms with Gasteiger partial charge in [0.15, 0.2) is 0 Å². The maximum absolute atomic E-state index is 12.8. The lowest BCUT2D eigenvalue weighted by Gasteiger charge is -2.12. The van der Waals surface area contributed by atoms with E-state index < -0.39 is 16.9 Å². The van der Waals surface area contributed by atoms with E-state index in [9.17, 15) is 18.9 Å². The second kappa shape index (κ2) is 6.98. The van der Waals surface area contributed by atoms with Crippen molar-refractivity contribution >= 4 is 5.69 Å². The molecule has 0 aromatic heterocycles. The number of hydrogen-bond acceptors (Lipinski definition) is 4. The van der Waals surface area contributed by atoms with Crippen molar-refractivity contribution in [3.8, 4) is 5.75 Å². The molecule has 7 heteroatoms. The van der Waals surface area contributed by atoms with Gasteiger partial charge >= 0.3 is 0 Å². The molecule has 0 heterocycles. The second-order valence-corrected chi connectivity index (χ2v) is 4.24. The molecular weight excluding hydrogens is 258 g/mol. The Kier molecular flexibility index (Phi) is 5.62. The number of non-ortho nitro benzene ring substituents is 1. The smallest absolute Gasteiger partial charge is 0.270 e. The maximum atomic E-state index is 12.8. The van der Waals surface area contributed by atoms with Gasteiger partial charge in [0.2, 0.25) is 0 Å². The first kappa shape index (κ1) is 15.3. The van der Waals surface area contributed by atoms with E-state index in [0.29, 0.717) is 6.54 Å². The van der Waals surface area contributed by atoms with Crippen molar-refractivity contribution in [2.45, 2.75) is 26.3 Å². The Hall–Kier alpha value is -1.76. The molecule has 0 aliphatic carbocycles. The largest absolute Gasteiger partial charge is 0.492 e. The van der Waals surface area contributed by atoms with Gasteiger partial charge in [-0.25, -0.2) is 8.78 Å². The fourth-order valence-electron chi connectivity index (χ4n) is 1.46. The van der Waals surface area contributed by atoms with Crippen LogP contribution >= 0.6 is 0 Å². The van der Waals surface area contributed by atoms with Crippen molar-refractivity contribution in [2.75, 3.05) is 13.2 Å². The van der Waals surface area contributed by atoms with E-state index in [1.54, 1.807) is 0 Å². The third-order valence-corrected chi connectivity index (χ3v) is 2.35. The van der Waals surface area contributed by atoms with Gasteiger partial charge in [-0.3, -0.25) is 10.1 Å². The Morgan fingerprint density at radius 2 is 2.11 bits per heavy atom. The maximum Gasteiger partial charge on any atom is 0.270 e.